The van der Waals surface area contributed by atoms with E-state index in [0.717, 1.165) is 16.7 Å². The zero-order chi connectivity index (χ0) is 23.4. The molecular weight excluding hydrogens is 422 g/mol. The lowest BCUT2D eigenvalue weighted by molar-refractivity contribution is 0.0888. The molecule has 0 aliphatic rings. The maximum atomic E-state index is 12.1. The molecule has 2 aromatic carbocycles. The molecule has 1 N–H and O–H groups in total. The second kappa shape index (κ2) is 9.87. The third kappa shape index (κ3) is 5.40. The topological polar surface area (TPSA) is 99.6 Å². The van der Waals surface area contributed by atoms with Crippen molar-refractivity contribution >= 4 is 11.0 Å². The predicted molar refractivity (Wildman–Crippen MR) is 124 cm³/mol. The van der Waals surface area contributed by atoms with E-state index in [0.29, 0.717) is 29.0 Å². The van der Waals surface area contributed by atoms with Gasteiger partial charge in [-0.25, -0.2) is 9.48 Å². The van der Waals surface area contributed by atoms with E-state index in [1.54, 1.807) is 23.0 Å². The molecule has 8 heteroatoms. The highest BCUT2D eigenvalue weighted by atomic mass is 16.5. The lowest BCUT2D eigenvalue weighted by Crippen LogP contribution is -2.24. The molecule has 33 heavy (non-hydrogen) atoms. The first-order valence-corrected chi connectivity index (χ1v) is 10.9. The van der Waals surface area contributed by atoms with Gasteiger partial charge in [0.25, 0.3) is 0 Å². The SMILES string of the molecule is CCc1c(C)c2ccc(OCC(O)Cn3cc(COc4ccc(C)cc4)nn3)cc2oc1=O. The first kappa shape index (κ1) is 22.5. The van der Waals surface area contributed by atoms with Crippen LogP contribution >= 0.6 is 0 Å². The fourth-order valence-electron chi connectivity index (χ4n) is 3.62. The van der Waals surface area contributed by atoms with Crippen molar-refractivity contribution in [2.45, 2.75) is 46.4 Å². The van der Waals surface area contributed by atoms with Gasteiger partial charge in [-0.3, -0.25) is 0 Å². The Morgan fingerprint density at radius 3 is 2.61 bits per heavy atom. The van der Waals surface area contributed by atoms with Crippen molar-refractivity contribution in [3.05, 3.63) is 81.5 Å². The van der Waals surface area contributed by atoms with Crippen LogP contribution in [0.15, 0.2) is 57.9 Å². The van der Waals surface area contributed by atoms with Crippen molar-refractivity contribution in [3.8, 4) is 11.5 Å². The van der Waals surface area contributed by atoms with E-state index in [1.807, 2.05) is 51.1 Å². The number of nitrogens with zero attached hydrogens (tertiary/aromatic N) is 3. The van der Waals surface area contributed by atoms with Crippen molar-refractivity contribution < 1.29 is 19.0 Å². The molecule has 0 fully saturated rings. The number of aliphatic hydroxyl groups is 1. The Morgan fingerprint density at radius 2 is 1.85 bits per heavy atom. The van der Waals surface area contributed by atoms with Gasteiger partial charge in [0.05, 0.1) is 12.7 Å². The third-order valence-corrected chi connectivity index (χ3v) is 5.45. The van der Waals surface area contributed by atoms with Crippen LogP contribution in [0.25, 0.3) is 11.0 Å². The monoisotopic (exact) mass is 449 g/mol. The fourth-order valence-corrected chi connectivity index (χ4v) is 3.62. The summed E-state index contributed by atoms with van der Waals surface area (Å²) in [4.78, 5) is 12.1. The van der Waals surface area contributed by atoms with Gasteiger partial charge in [0.15, 0.2) is 0 Å². The molecule has 8 nitrogen and oxygen atoms in total. The minimum absolute atomic E-state index is 0.0524. The summed E-state index contributed by atoms with van der Waals surface area (Å²) >= 11 is 0. The van der Waals surface area contributed by atoms with E-state index in [-0.39, 0.29) is 25.4 Å². The smallest absolute Gasteiger partial charge is 0.339 e. The zero-order valence-electron chi connectivity index (χ0n) is 18.9. The average Bonchev–Trinajstić information content (AvgIpc) is 3.24. The molecule has 2 heterocycles. The number of hydrogen-bond donors (Lipinski definition) is 1. The number of rotatable bonds is 9. The van der Waals surface area contributed by atoms with E-state index < -0.39 is 6.10 Å². The molecule has 0 saturated heterocycles. The van der Waals surface area contributed by atoms with Gasteiger partial charge in [-0.2, -0.15) is 0 Å². The van der Waals surface area contributed by atoms with Crippen LogP contribution in [-0.4, -0.2) is 32.8 Å². The van der Waals surface area contributed by atoms with Crippen molar-refractivity contribution in [3.63, 3.8) is 0 Å². The van der Waals surface area contributed by atoms with Gasteiger partial charge in [0.2, 0.25) is 0 Å². The maximum absolute atomic E-state index is 12.1. The van der Waals surface area contributed by atoms with E-state index in [9.17, 15) is 9.90 Å². The van der Waals surface area contributed by atoms with Gasteiger partial charge in [-0.1, -0.05) is 29.8 Å². The van der Waals surface area contributed by atoms with Gasteiger partial charge in [-0.15, -0.1) is 5.10 Å². The number of ether oxygens (including phenoxy) is 2. The summed E-state index contributed by atoms with van der Waals surface area (Å²) in [5, 5.41) is 19.4. The van der Waals surface area contributed by atoms with Crippen LogP contribution < -0.4 is 15.1 Å². The Kier molecular flexibility index (Phi) is 6.74. The molecule has 1 atom stereocenters. The molecule has 0 spiro atoms. The maximum Gasteiger partial charge on any atom is 0.339 e. The summed E-state index contributed by atoms with van der Waals surface area (Å²) < 4.78 is 18.4. The minimum Gasteiger partial charge on any atom is -0.491 e. The number of aromatic nitrogens is 3. The van der Waals surface area contributed by atoms with Crippen LogP contribution in [0, 0.1) is 13.8 Å². The van der Waals surface area contributed by atoms with Crippen LogP contribution in [0.3, 0.4) is 0 Å². The molecule has 2 aromatic heterocycles. The molecule has 1 unspecified atom stereocenters. The number of aryl methyl sites for hydroxylation is 2. The second-order valence-corrected chi connectivity index (χ2v) is 8.00. The molecule has 4 aromatic rings. The molecule has 172 valence electrons. The summed E-state index contributed by atoms with van der Waals surface area (Å²) in [6.07, 6.45) is 1.55. The number of hydrogen-bond acceptors (Lipinski definition) is 7. The van der Waals surface area contributed by atoms with Crippen LogP contribution in [0.4, 0.5) is 0 Å². The van der Waals surface area contributed by atoms with Crippen LogP contribution in [0.1, 0.15) is 29.3 Å². The molecule has 0 aliphatic carbocycles. The first-order valence-electron chi connectivity index (χ1n) is 10.9. The van der Waals surface area contributed by atoms with Crippen LogP contribution in [0.5, 0.6) is 11.5 Å². The Hall–Kier alpha value is -3.65. The Balaban J connectivity index is 1.32. The van der Waals surface area contributed by atoms with Crippen molar-refractivity contribution in [2.24, 2.45) is 0 Å². The molecule has 4 rings (SSSR count). The summed E-state index contributed by atoms with van der Waals surface area (Å²) in [6.45, 7) is 6.43. The van der Waals surface area contributed by atoms with Crippen molar-refractivity contribution in [2.75, 3.05) is 6.61 Å². The van der Waals surface area contributed by atoms with Gasteiger partial charge in [0.1, 0.15) is 42.1 Å². The Bertz CT molecular complexity index is 1290. The first-order chi connectivity index (χ1) is 15.9. The number of benzene rings is 2. The second-order valence-electron chi connectivity index (χ2n) is 8.00. The highest BCUT2D eigenvalue weighted by molar-refractivity contribution is 5.82. The van der Waals surface area contributed by atoms with Crippen molar-refractivity contribution in [1.82, 2.24) is 15.0 Å². The molecule has 0 radical (unpaired) electrons. The van der Waals surface area contributed by atoms with E-state index in [4.69, 9.17) is 13.9 Å². The van der Waals surface area contributed by atoms with E-state index in [2.05, 4.69) is 10.3 Å². The van der Waals surface area contributed by atoms with Gasteiger partial charge in [-0.05, 0) is 50.1 Å². The van der Waals surface area contributed by atoms with Gasteiger partial charge >= 0.3 is 5.63 Å². The fraction of sp³-hybridized carbons (Fsp3) is 0.320. The summed E-state index contributed by atoms with van der Waals surface area (Å²) in [6, 6.07) is 13.1. The highest BCUT2D eigenvalue weighted by Crippen LogP contribution is 2.24. The van der Waals surface area contributed by atoms with E-state index >= 15 is 0 Å². The minimum atomic E-state index is -0.801. The largest absolute Gasteiger partial charge is 0.491 e. The van der Waals surface area contributed by atoms with Gasteiger partial charge in [0, 0.05) is 17.0 Å². The predicted octanol–water partition coefficient (Wildman–Crippen LogP) is 3.58. The molecule has 0 bridgehead atoms. The standard InChI is InChI=1S/C25H27N3O5/c1-4-22-17(3)23-10-9-21(11-24(23)33-25(22)30)32-15-19(29)13-28-12-18(26-27-28)14-31-20-7-5-16(2)6-8-20/h5-12,19,29H,4,13-15H2,1-3H3. The summed E-state index contributed by atoms with van der Waals surface area (Å²) in [7, 11) is 0. The lowest BCUT2D eigenvalue weighted by Gasteiger charge is -2.13. The molecule has 0 saturated carbocycles. The number of fused-ring (bicyclic) bond motifs is 1. The molecule has 0 amide bonds. The molecular formula is C25H27N3O5. The third-order valence-electron chi connectivity index (χ3n) is 5.45. The average molecular weight is 450 g/mol. The highest BCUT2D eigenvalue weighted by Gasteiger charge is 2.12. The Labute approximate surface area is 191 Å². The molecule has 0 aliphatic heterocycles. The van der Waals surface area contributed by atoms with Crippen LogP contribution in [-0.2, 0) is 19.6 Å². The quantitative estimate of drug-likeness (QED) is 0.390. The number of aliphatic hydroxyl groups excluding tert-OH is 1. The summed E-state index contributed by atoms with van der Waals surface area (Å²) in [5.74, 6) is 1.27. The lowest BCUT2D eigenvalue weighted by atomic mass is 10.0. The zero-order valence-corrected chi connectivity index (χ0v) is 18.9. The van der Waals surface area contributed by atoms with E-state index in [1.165, 1.54) is 5.56 Å². The van der Waals surface area contributed by atoms with Gasteiger partial charge < -0.3 is 19.0 Å². The van der Waals surface area contributed by atoms with Crippen molar-refractivity contribution in [1.29, 1.82) is 0 Å². The van der Waals surface area contributed by atoms with Crippen LogP contribution in [0.2, 0.25) is 0 Å². The Morgan fingerprint density at radius 1 is 1.09 bits per heavy atom. The normalized spacial score (nSPS) is 12.1. The summed E-state index contributed by atoms with van der Waals surface area (Å²) in [5.41, 5.74) is 3.57.